The molecule has 3 N–H and O–H groups in total. The van der Waals surface area contributed by atoms with Crippen molar-refractivity contribution in [3.8, 4) is 0 Å². The van der Waals surface area contributed by atoms with Crippen LogP contribution in [0.15, 0.2) is 114 Å². The number of hydrogen-bond donors (Lipinski definition) is 3. The number of azide groups is 1. The van der Waals surface area contributed by atoms with Gasteiger partial charge in [-0.2, -0.15) is 4.21 Å². The molecule has 436 valence electrons. The SMILES string of the molecule is C.C.O=S(Cl)Cl.O=S1O[C@H]2[C@H](COC[C@@H]2n2c3ccc(F)cc3c3cc(F)ccc32)O1.O[C@H]1[C@@H](O)COC[C@@H]1n1c2ccc(F)cc2c2cc(F)ccc21.[N-]=[N+]=N[C@@H]1COC[C@H](n2c3ccc(F)cc3c3cc(F)ccc32)[C@H]1O.[N-]=[N+]=[N-].[Na+]. The van der Waals surface area contributed by atoms with Gasteiger partial charge in [0.1, 0.15) is 59.3 Å². The Labute approximate surface area is 504 Å². The molecule has 0 bridgehead atoms. The first kappa shape index (κ1) is 66.6. The molecule has 10 atom stereocenters. The van der Waals surface area contributed by atoms with E-state index < -0.39 is 104 Å². The predicted molar refractivity (Wildman–Crippen MR) is 300 cm³/mol. The number of hydrogen-bond acceptors (Lipinski definition) is 11. The van der Waals surface area contributed by atoms with Crippen molar-refractivity contribution in [2.75, 3.05) is 39.6 Å². The maximum atomic E-state index is 13.8. The molecule has 6 aromatic carbocycles. The van der Waals surface area contributed by atoms with E-state index in [1.54, 1.807) is 45.5 Å². The number of aliphatic hydroxyl groups is 3. The molecule has 0 aliphatic carbocycles. The van der Waals surface area contributed by atoms with Crippen LogP contribution in [0.4, 0.5) is 26.3 Å². The van der Waals surface area contributed by atoms with E-state index in [0.29, 0.717) is 67.6 Å². The number of aliphatic hydroxyl groups excluding tert-OH is 3. The molecule has 4 aliphatic heterocycles. The van der Waals surface area contributed by atoms with E-state index in [1.807, 2.05) is 4.57 Å². The summed E-state index contributed by atoms with van der Waals surface area (Å²) in [4.78, 5) is 4.25. The zero-order valence-corrected chi connectivity index (χ0v) is 47.0. The topological polar surface area (TPSA) is 263 Å². The fraction of sp³-hybridized carbons (Fsp3) is 0.321. The molecule has 1 unspecified atom stereocenters. The Morgan fingerprint density at radius 1 is 0.518 bits per heavy atom. The Balaban J connectivity index is 0.000000186. The third kappa shape index (κ3) is 14.1. The third-order valence-corrected chi connectivity index (χ3v) is 14.6. The van der Waals surface area contributed by atoms with Crippen LogP contribution in [0.3, 0.4) is 0 Å². The summed E-state index contributed by atoms with van der Waals surface area (Å²) in [6, 6.07) is 23.7. The van der Waals surface area contributed by atoms with Crippen LogP contribution in [0.25, 0.3) is 91.8 Å². The summed E-state index contributed by atoms with van der Waals surface area (Å²) in [6.07, 6.45) is -3.88. The van der Waals surface area contributed by atoms with Gasteiger partial charge in [-0.3, -0.25) is 13.3 Å². The molecule has 19 nitrogen and oxygen atoms in total. The molecule has 0 radical (unpaired) electrons. The minimum absolute atomic E-state index is 0. The van der Waals surface area contributed by atoms with Gasteiger partial charge in [0.25, 0.3) is 0 Å². The van der Waals surface area contributed by atoms with Gasteiger partial charge in [-0.25, -0.2) is 30.6 Å². The summed E-state index contributed by atoms with van der Waals surface area (Å²) in [5, 5.41) is 37.9. The average Bonchev–Trinajstić information content (AvgIpc) is 2.31. The molecule has 9 aromatic rings. The monoisotopic (exact) mass is 1240 g/mol. The molecular formula is C53H50Cl2F6N9NaO10S2. The van der Waals surface area contributed by atoms with Crippen molar-refractivity contribution in [2.45, 2.75) is 69.5 Å². The summed E-state index contributed by atoms with van der Waals surface area (Å²) in [5.74, 6) is -2.47. The van der Waals surface area contributed by atoms with Crippen LogP contribution in [0, 0.1) is 34.9 Å². The standard InChI is InChI=1S/C17H14F2N4O2.C17H13F2NO4S.C17H15F2NO3.2CH4.Cl2OS.N3.Na/c18-9-1-3-14-11(5-9)12-6-10(19)2-4-15(12)23(14)16-8-25-7-13(17(16)24)21-22-20;18-9-1-3-13-11(5-9)12-6-10(19)2-4-14(12)20(13)15-7-22-8-16-17(15)24-25(21)23-16;18-9-1-3-13-11(5-9)12-6-10(19)2-4-14(12)20(13)15-7-23-8-16(21)17(15)22;;;1-4(2)3;1-3-2;/h1-6,13,16-17,24H,7-8H2;1-6,15-17H,7-8H2;1-6,15-17,21-22H,7-8H2;2*1H4;;;/q;;;;;;-1;+1/t13-,16+,17+;15-,16-,17+,25?;15-,16-,17+;;;;;/m100...../s1. The Bertz CT molecular complexity index is 3750. The summed E-state index contributed by atoms with van der Waals surface area (Å²) in [5.41, 5.74) is 26.2. The van der Waals surface area contributed by atoms with Crippen molar-refractivity contribution in [1.82, 2.24) is 13.7 Å². The fourth-order valence-corrected chi connectivity index (χ4v) is 11.4. The zero-order chi connectivity index (χ0) is 57.1. The summed E-state index contributed by atoms with van der Waals surface area (Å²) < 4.78 is 136. The molecule has 83 heavy (non-hydrogen) atoms. The molecule has 13 rings (SSSR count). The number of ether oxygens (including phenoxy) is 3. The number of aromatic nitrogens is 3. The first-order chi connectivity index (χ1) is 38.4. The molecule has 4 aliphatic rings. The van der Waals surface area contributed by atoms with Crippen LogP contribution in [-0.4, -0.2) is 114 Å². The fourth-order valence-electron chi connectivity index (χ4n) is 10.6. The minimum Gasteiger partial charge on any atom is -0.390 e. The van der Waals surface area contributed by atoms with E-state index in [-0.39, 0.29) is 76.9 Å². The smallest absolute Gasteiger partial charge is 0.390 e. The first-order valence-electron chi connectivity index (χ1n) is 23.9. The molecule has 0 spiro atoms. The first-order valence-corrected chi connectivity index (χ1v) is 27.7. The van der Waals surface area contributed by atoms with Gasteiger partial charge >= 0.3 is 40.9 Å². The predicted octanol–water partition coefficient (Wildman–Crippen LogP) is 9.24. The summed E-state index contributed by atoms with van der Waals surface area (Å²) in [7, 11) is 7.36. The number of fused-ring (bicyclic) bond motifs is 10. The molecule has 30 heteroatoms. The Morgan fingerprint density at radius 3 is 1.17 bits per heavy atom. The average molecular weight is 1250 g/mol. The second kappa shape index (κ2) is 29.0. The number of benzene rings is 6. The largest absolute Gasteiger partial charge is 1.00 e. The van der Waals surface area contributed by atoms with Gasteiger partial charge in [0.2, 0.25) is 9.23 Å². The van der Waals surface area contributed by atoms with Crippen LogP contribution < -0.4 is 29.6 Å². The second-order valence-electron chi connectivity index (χ2n) is 18.4. The van der Waals surface area contributed by atoms with Crippen molar-refractivity contribution in [3.05, 3.63) is 171 Å². The summed E-state index contributed by atoms with van der Waals surface area (Å²) >= 11 is -1.81. The molecule has 0 amide bonds. The zero-order valence-electron chi connectivity index (χ0n) is 41.9. The van der Waals surface area contributed by atoms with E-state index in [9.17, 15) is 45.9 Å². The maximum Gasteiger partial charge on any atom is 1.00 e. The van der Waals surface area contributed by atoms with E-state index in [0.717, 1.165) is 11.0 Å². The van der Waals surface area contributed by atoms with Gasteiger partial charge in [0, 0.05) is 91.7 Å². The summed E-state index contributed by atoms with van der Waals surface area (Å²) in [6.45, 7) is 1.24. The van der Waals surface area contributed by atoms with Gasteiger partial charge in [-0.05, 0) is 115 Å². The van der Waals surface area contributed by atoms with Crippen LogP contribution >= 0.6 is 21.4 Å². The van der Waals surface area contributed by atoms with Crippen LogP contribution in [0.1, 0.15) is 33.0 Å². The maximum absolute atomic E-state index is 13.8. The van der Waals surface area contributed by atoms with Gasteiger partial charge in [0.15, 0.2) is 0 Å². The van der Waals surface area contributed by atoms with Gasteiger partial charge in [-0.1, -0.05) is 20.0 Å². The quantitative estimate of drug-likeness (QED) is 0.0375. The minimum atomic E-state index is -1.81. The molecule has 4 fully saturated rings. The van der Waals surface area contributed by atoms with E-state index in [4.69, 9.17) is 43.4 Å². The molecule has 4 saturated heterocycles. The van der Waals surface area contributed by atoms with Crippen molar-refractivity contribution in [1.29, 1.82) is 0 Å². The number of nitrogens with zero attached hydrogens (tertiary/aromatic N) is 9. The Kier molecular flexibility index (Phi) is 23.3. The van der Waals surface area contributed by atoms with Crippen LogP contribution in [0.5, 0.6) is 0 Å². The van der Waals surface area contributed by atoms with Crippen LogP contribution in [-0.2, 0) is 43.2 Å². The third-order valence-electron chi connectivity index (χ3n) is 13.8. The molecule has 3 aromatic heterocycles. The van der Waals surface area contributed by atoms with Gasteiger partial charge < -0.3 is 54.3 Å². The van der Waals surface area contributed by atoms with E-state index in [2.05, 4.69) is 31.4 Å². The number of halogens is 8. The van der Waals surface area contributed by atoms with Crippen molar-refractivity contribution >= 4 is 107 Å². The second-order valence-corrected chi connectivity index (χ2v) is 21.7. The molecular weight excluding hydrogens is 1190 g/mol. The normalized spacial score (nSPS) is 23.5. The van der Waals surface area contributed by atoms with Crippen molar-refractivity contribution < 1.29 is 102 Å². The van der Waals surface area contributed by atoms with Gasteiger partial charge in [0.05, 0.1) is 69.9 Å². The van der Waals surface area contributed by atoms with Crippen molar-refractivity contribution in [2.24, 2.45) is 5.11 Å². The van der Waals surface area contributed by atoms with Crippen LogP contribution in [0.2, 0.25) is 0 Å². The number of rotatable bonds is 4. The van der Waals surface area contributed by atoms with E-state index >= 15 is 0 Å². The van der Waals surface area contributed by atoms with E-state index in [1.165, 1.54) is 77.7 Å². The van der Waals surface area contributed by atoms with Gasteiger partial charge in [-0.15, -0.1) is 0 Å². The Morgan fingerprint density at radius 2 is 0.819 bits per heavy atom. The Hall–Kier alpha value is -5.52. The molecule has 7 heterocycles. The molecule has 0 saturated carbocycles. The van der Waals surface area contributed by atoms with Crippen molar-refractivity contribution in [3.63, 3.8) is 0 Å².